The molecule has 0 radical (unpaired) electrons. The number of ether oxygens (including phenoxy) is 2. The van der Waals surface area contributed by atoms with Crippen molar-refractivity contribution in [3.8, 4) is 0 Å². The van der Waals surface area contributed by atoms with E-state index in [1.165, 1.54) is 96.3 Å². The first kappa shape index (κ1) is 54.7. The molecule has 0 aromatic rings. The van der Waals surface area contributed by atoms with Gasteiger partial charge in [-0.15, -0.1) is 0 Å². The second-order valence-electron chi connectivity index (χ2n) is 14.9. The summed E-state index contributed by atoms with van der Waals surface area (Å²) in [4.78, 5) is 34.9. The average Bonchev–Trinajstić information content (AvgIpc) is 3.20. The van der Waals surface area contributed by atoms with E-state index in [0.29, 0.717) is 12.8 Å². The van der Waals surface area contributed by atoms with Gasteiger partial charge in [-0.05, 0) is 77.0 Å². The predicted molar refractivity (Wildman–Crippen MR) is 238 cm³/mol. The number of hydrogen-bond acceptors (Lipinski definition) is 8. The number of nitrogens with two attached hydrogens (primary N) is 1. The van der Waals surface area contributed by atoms with E-state index < -0.39 is 32.5 Å². The number of phosphoric acid groups is 1. The summed E-state index contributed by atoms with van der Waals surface area (Å²) < 4.78 is 32.8. The molecular formula is C47H84NO8P. The van der Waals surface area contributed by atoms with Crippen molar-refractivity contribution >= 4 is 19.8 Å². The van der Waals surface area contributed by atoms with Gasteiger partial charge in [-0.1, -0.05) is 164 Å². The molecule has 2 atom stereocenters. The van der Waals surface area contributed by atoms with Gasteiger partial charge >= 0.3 is 19.8 Å². The van der Waals surface area contributed by atoms with Crippen molar-refractivity contribution in [1.82, 2.24) is 0 Å². The van der Waals surface area contributed by atoms with Crippen LogP contribution in [0.1, 0.15) is 194 Å². The fourth-order valence-electron chi connectivity index (χ4n) is 5.97. The van der Waals surface area contributed by atoms with Crippen molar-refractivity contribution in [2.75, 3.05) is 26.4 Å². The number of phosphoric ester groups is 1. The van der Waals surface area contributed by atoms with Gasteiger partial charge in [-0.3, -0.25) is 18.6 Å². The Morgan fingerprint density at radius 2 is 0.930 bits per heavy atom. The molecular weight excluding hydrogens is 737 g/mol. The molecule has 1 unspecified atom stereocenters. The zero-order chi connectivity index (χ0) is 41.8. The van der Waals surface area contributed by atoms with E-state index in [1.54, 1.807) is 0 Å². The van der Waals surface area contributed by atoms with Crippen LogP contribution >= 0.6 is 7.82 Å². The number of hydrogen-bond donors (Lipinski definition) is 2. The highest BCUT2D eigenvalue weighted by molar-refractivity contribution is 7.47. The number of carbonyl (C=O) groups is 2. The first-order chi connectivity index (χ1) is 27.8. The monoisotopic (exact) mass is 822 g/mol. The third-order valence-electron chi connectivity index (χ3n) is 9.38. The maximum Gasteiger partial charge on any atom is 0.472 e. The molecule has 10 heteroatoms. The van der Waals surface area contributed by atoms with E-state index in [2.05, 4.69) is 74.6 Å². The first-order valence-corrected chi connectivity index (χ1v) is 24.3. The summed E-state index contributed by atoms with van der Waals surface area (Å²) in [5, 5.41) is 0. The van der Waals surface area contributed by atoms with Crippen LogP contribution < -0.4 is 5.73 Å². The molecule has 3 N–H and O–H groups in total. The molecule has 0 aromatic heterocycles. The highest BCUT2D eigenvalue weighted by Gasteiger charge is 2.26. The fourth-order valence-corrected chi connectivity index (χ4v) is 6.74. The van der Waals surface area contributed by atoms with Crippen LogP contribution in [0.25, 0.3) is 0 Å². The molecule has 0 aliphatic carbocycles. The number of esters is 2. The molecule has 0 bridgehead atoms. The van der Waals surface area contributed by atoms with Gasteiger partial charge < -0.3 is 20.1 Å². The van der Waals surface area contributed by atoms with Crippen LogP contribution in [0, 0.1) is 0 Å². The van der Waals surface area contributed by atoms with Crippen LogP contribution in [-0.2, 0) is 32.7 Å². The summed E-state index contributed by atoms with van der Waals surface area (Å²) in [5.74, 6) is -0.896. The Balaban J connectivity index is 4.21. The topological polar surface area (TPSA) is 134 Å². The lowest BCUT2D eigenvalue weighted by molar-refractivity contribution is -0.161. The van der Waals surface area contributed by atoms with Crippen molar-refractivity contribution in [1.29, 1.82) is 0 Å². The molecule has 0 aliphatic heterocycles. The first-order valence-electron chi connectivity index (χ1n) is 22.8. The smallest absolute Gasteiger partial charge is 0.462 e. The Morgan fingerprint density at radius 3 is 1.44 bits per heavy atom. The van der Waals surface area contributed by atoms with Crippen molar-refractivity contribution in [2.24, 2.45) is 5.73 Å². The predicted octanol–water partition coefficient (Wildman–Crippen LogP) is 13.3. The standard InChI is InChI=1S/C47H84NO8P/c1-3-5-7-9-11-13-15-17-19-21-22-24-26-28-30-32-34-36-38-40-47(50)56-45(44-55-57(51,52)54-42-41-48)43-53-46(49)39-37-35-33-31-29-27-25-23-20-18-16-14-12-10-8-6-4-2/h11,13,17-20,25,27,31,33,45H,3-10,12,14-16,21-24,26,28-30,32,34-44,48H2,1-2H3,(H,51,52)/t45-/m1/s1. The van der Waals surface area contributed by atoms with Gasteiger partial charge in [0.15, 0.2) is 6.10 Å². The minimum Gasteiger partial charge on any atom is -0.462 e. The third kappa shape index (κ3) is 43.1. The molecule has 0 amide bonds. The summed E-state index contributed by atoms with van der Waals surface area (Å²) in [6.45, 7) is 3.64. The fraction of sp³-hybridized carbons (Fsp3) is 0.745. The van der Waals surface area contributed by atoms with Gasteiger partial charge in [0.1, 0.15) is 6.61 Å². The molecule has 0 saturated heterocycles. The van der Waals surface area contributed by atoms with Crippen LogP contribution in [0.2, 0.25) is 0 Å². The molecule has 0 aliphatic rings. The number of rotatable bonds is 42. The Morgan fingerprint density at radius 1 is 0.526 bits per heavy atom. The molecule has 57 heavy (non-hydrogen) atoms. The Kier molecular flexibility index (Phi) is 41.6. The number of carbonyl (C=O) groups excluding carboxylic acids is 2. The second-order valence-corrected chi connectivity index (χ2v) is 16.4. The molecule has 9 nitrogen and oxygen atoms in total. The summed E-state index contributed by atoms with van der Waals surface area (Å²) >= 11 is 0. The van der Waals surface area contributed by atoms with Crippen molar-refractivity contribution in [2.45, 2.75) is 200 Å². The average molecular weight is 822 g/mol. The Hall–Kier alpha value is -2.29. The molecule has 0 spiro atoms. The zero-order valence-electron chi connectivity index (χ0n) is 36.3. The highest BCUT2D eigenvalue weighted by Crippen LogP contribution is 2.43. The van der Waals surface area contributed by atoms with Gasteiger partial charge in [0.05, 0.1) is 13.2 Å². The highest BCUT2D eigenvalue weighted by atomic mass is 31.2. The van der Waals surface area contributed by atoms with Crippen LogP contribution in [0.5, 0.6) is 0 Å². The van der Waals surface area contributed by atoms with E-state index in [4.69, 9.17) is 24.3 Å². The molecule has 0 heterocycles. The van der Waals surface area contributed by atoms with Gasteiger partial charge in [0, 0.05) is 19.4 Å². The third-order valence-corrected chi connectivity index (χ3v) is 10.4. The van der Waals surface area contributed by atoms with E-state index in [1.807, 2.05) is 0 Å². The SMILES string of the molecule is CCCCCC=CCC=CCCCCCCCCCCCC(=O)O[C@H](COC(=O)CCCC=CCC=CCC=CCCCCCCCC)COP(=O)(O)OCCN. The van der Waals surface area contributed by atoms with Gasteiger partial charge in [-0.2, -0.15) is 0 Å². The normalized spacial score (nSPS) is 13.8. The maximum absolute atomic E-state index is 12.6. The summed E-state index contributed by atoms with van der Waals surface area (Å²) in [5.41, 5.74) is 5.35. The molecule has 330 valence electrons. The molecule has 0 fully saturated rings. The lowest BCUT2D eigenvalue weighted by atomic mass is 10.1. The quantitative estimate of drug-likeness (QED) is 0.0267. The summed E-state index contributed by atoms with van der Waals surface area (Å²) in [7, 11) is -4.39. The summed E-state index contributed by atoms with van der Waals surface area (Å²) in [6.07, 6.45) is 51.1. The van der Waals surface area contributed by atoms with Crippen molar-refractivity contribution in [3.05, 3.63) is 60.8 Å². The second kappa shape index (κ2) is 43.3. The van der Waals surface area contributed by atoms with E-state index in [0.717, 1.165) is 57.8 Å². The maximum atomic E-state index is 12.6. The van der Waals surface area contributed by atoms with Crippen LogP contribution in [0.3, 0.4) is 0 Å². The number of allylic oxidation sites excluding steroid dienone is 10. The minimum atomic E-state index is -4.39. The van der Waals surface area contributed by atoms with Crippen LogP contribution in [-0.4, -0.2) is 49.3 Å². The zero-order valence-corrected chi connectivity index (χ0v) is 37.2. The largest absolute Gasteiger partial charge is 0.472 e. The molecule has 0 saturated carbocycles. The van der Waals surface area contributed by atoms with Gasteiger partial charge in [0.25, 0.3) is 0 Å². The van der Waals surface area contributed by atoms with E-state index >= 15 is 0 Å². The molecule has 0 rings (SSSR count). The Bertz CT molecular complexity index is 1120. The lowest BCUT2D eigenvalue weighted by Crippen LogP contribution is -2.29. The van der Waals surface area contributed by atoms with Crippen LogP contribution in [0.4, 0.5) is 0 Å². The Labute approximate surface area is 349 Å². The van der Waals surface area contributed by atoms with E-state index in [9.17, 15) is 19.0 Å². The van der Waals surface area contributed by atoms with Gasteiger partial charge in [-0.25, -0.2) is 4.57 Å². The summed E-state index contributed by atoms with van der Waals surface area (Å²) in [6, 6.07) is 0. The molecule has 0 aromatic carbocycles. The van der Waals surface area contributed by atoms with E-state index in [-0.39, 0.29) is 32.6 Å². The lowest BCUT2D eigenvalue weighted by Gasteiger charge is -2.19. The van der Waals surface area contributed by atoms with Crippen LogP contribution in [0.15, 0.2) is 60.8 Å². The van der Waals surface area contributed by atoms with Crippen molar-refractivity contribution in [3.63, 3.8) is 0 Å². The number of unbranched alkanes of at least 4 members (excludes halogenated alkanes) is 19. The minimum absolute atomic E-state index is 0.0440. The van der Waals surface area contributed by atoms with Gasteiger partial charge in [0.2, 0.25) is 0 Å². The van der Waals surface area contributed by atoms with Crippen molar-refractivity contribution < 1.29 is 37.6 Å².